The van der Waals surface area contributed by atoms with Gasteiger partial charge in [-0.15, -0.1) is 22.7 Å². The smallest absolute Gasteiger partial charge is 0.339 e. The quantitative estimate of drug-likeness (QED) is 0.802. The van der Waals surface area contributed by atoms with Crippen LogP contribution in [0.2, 0.25) is 0 Å². The van der Waals surface area contributed by atoms with Gasteiger partial charge in [0.25, 0.3) is 0 Å². The standard InChI is InChI=1S/C9H8O3S2/c1-12-8(11)6-4-14-9-7(6)5(2-10)3-13-9/h3-4,10H,2H2,1H3. The van der Waals surface area contributed by atoms with E-state index >= 15 is 0 Å². The summed E-state index contributed by atoms with van der Waals surface area (Å²) in [6, 6.07) is 0. The third kappa shape index (κ3) is 1.33. The molecule has 1 N–H and O–H groups in total. The van der Waals surface area contributed by atoms with E-state index < -0.39 is 0 Å². The summed E-state index contributed by atoms with van der Waals surface area (Å²) < 4.78 is 5.71. The molecule has 0 spiro atoms. The second kappa shape index (κ2) is 3.68. The fraction of sp³-hybridized carbons (Fsp3) is 0.222. The first-order valence-corrected chi connectivity index (χ1v) is 5.70. The van der Waals surface area contributed by atoms with Crippen LogP contribution in [-0.4, -0.2) is 18.2 Å². The van der Waals surface area contributed by atoms with Gasteiger partial charge in [0.05, 0.1) is 23.3 Å². The van der Waals surface area contributed by atoms with Crippen LogP contribution < -0.4 is 0 Å². The molecule has 0 amide bonds. The van der Waals surface area contributed by atoms with Gasteiger partial charge in [0.15, 0.2) is 0 Å². The van der Waals surface area contributed by atoms with Crippen molar-refractivity contribution in [3.05, 3.63) is 21.9 Å². The van der Waals surface area contributed by atoms with Crippen LogP contribution in [0.3, 0.4) is 0 Å². The van der Waals surface area contributed by atoms with Crippen molar-refractivity contribution in [3.63, 3.8) is 0 Å². The van der Waals surface area contributed by atoms with Crippen LogP contribution in [0, 0.1) is 0 Å². The second-order valence-electron chi connectivity index (χ2n) is 2.72. The Morgan fingerprint density at radius 2 is 2.21 bits per heavy atom. The van der Waals surface area contributed by atoms with Crippen molar-refractivity contribution in [2.75, 3.05) is 7.11 Å². The number of esters is 1. The van der Waals surface area contributed by atoms with Crippen LogP contribution >= 0.6 is 22.7 Å². The number of aliphatic hydroxyl groups excluding tert-OH is 1. The Bertz CT molecular complexity index is 469. The van der Waals surface area contributed by atoms with Crippen molar-refractivity contribution >= 4 is 38.0 Å². The number of ether oxygens (including phenoxy) is 1. The lowest BCUT2D eigenvalue weighted by Crippen LogP contribution is -1.99. The summed E-state index contributed by atoms with van der Waals surface area (Å²) in [7, 11) is 1.36. The number of aliphatic hydroxyl groups is 1. The Labute approximate surface area is 88.6 Å². The van der Waals surface area contributed by atoms with Gasteiger partial charge in [-0.3, -0.25) is 0 Å². The third-order valence-corrected chi connectivity index (χ3v) is 4.13. The van der Waals surface area contributed by atoms with Crippen molar-refractivity contribution in [1.29, 1.82) is 0 Å². The largest absolute Gasteiger partial charge is 0.465 e. The van der Waals surface area contributed by atoms with Crippen LogP contribution in [0.5, 0.6) is 0 Å². The highest BCUT2D eigenvalue weighted by molar-refractivity contribution is 7.37. The van der Waals surface area contributed by atoms with Crippen LogP contribution in [0.1, 0.15) is 15.9 Å². The molecule has 3 nitrogen and oxygen atoms in total. The van der Waals surface area contributed by atoms with Gasteiger partial charge in [0.1, 0.15) is 0 Å². The zero-order chi connectivity index (χ0) is 10.1. The molecular formula is C9H8O3S2. The van der Waals surface area contributed by atoms with Crippen molar-refractivity contribution < 1.29 is 14.6 Å². The normalized spacial score (nSPS) is 10.7. The first-order valence-electron chi connectivity index (χ1n) is 3.94. The highest BCUT2D eigenvalue weighted by atomic mass is 32.2. The molecule has 2 aromatic rings. The minimum Gasteiger partial charge on any atom is -0.465 e. The van der Waals surface area contributed by atoms with Gasteiger partial charge in [-0.1, -0.05) is 0 Å². The molecule has 0 bridgehead atoms. The number of hydrogen-bond acceptors (Lipinski definition) is 5. The summed E-state index contributed by atoms with van der Waals surface area (Å²) >= 11 is 3.04. The zero-order valence-corrected chi connectivity index (χ0v) is 9.08. The molecule has 0 saturated carbocycles. The molecule has 74 valence electrons. The molecule has 0 atom stereocenters. The number of thiophene rings is 2. The second-order valence-corrected chi connectivity index (χ2v) is 4.74. The molecule has 2 heterocycles. The molecule has 14 heavy (non-hydrogen) atoms. The molecule has 5 heteroatoms. The Morgan fingerprint density at radius 1 is 1.50 bits per heavy atom. The van der Waals surface area contributed by atoms with Gasteiger partial charge in [-0.25, -0.2) is 4.79 Å². The number of methoxy groups -OCH3 is 1. The lowest BCUT2D eigenvalue weighted by atomic mass is 10.2. The molecule has 0 fully saturated rings. The maximum atomic E-state index is 11.4. The average molecular weight is 228 g/mol. The molecule has 0 aliphatic carbocycles. The van der Waals surface area contributed by atoms with E-state index in [1.165, 1.54) is 29.8 Å². The van der Waals surface area contributed by atoms with E-state index in [4.69, 9.17) is 5.11 Å². The Kier molecular flexibility index (Phi) is 2.54. The molecular weight excluding hydrogens is 220 g/mol. The zero-order valence-electron chi connectivity index (χ0n) is 7.44. The van der Waals surface area contributed by atoms with Gasteiger partial charge < -0.3 is 9.84 Å². The van der Waals surface area contributed by atoms with Gasteiger partial charge in [0, 0.05) is 10.8 Å². The highest BCUT2D eigenvalue weighted by Crippen LogP contribution is 2.34. The number of carbonyl (C=O) groups excluding carboxylic acids is 1. The molecule has 0 aliphatic rings. The van der Waals surface area contributed by atoms with E-state index in [9.17, 15) is 4.79 Å². The lowest BCUT2D eigenvalue weighted by Gasteiger charge is -1.96. The van der Waals surface area contributed by atoms with E-state index in [0.29, 0.717) is 5.56 Å². The van der Waals surface area contributed by atoms with E-state index in [-0.39, 0.29) is 12.6 Å². The van der Waals surface area contributed by atoms with Crippen LogP contribution in [0.15, 0.2) is 10.8 Å². The number of carbonyl (C=O) groups is 1. The molecule has 2 aromatic heterocycles. The maximum Gasteiger partial charge on any atom is 0.339 e. The van der Waals surface area contributed by atoms with Gasteiger partial charge in [-0.05, 0) is 10.9 Å². The van der Waals surface area contributed by atoms with Gasteiger partial charge in [-0.2, -0.15) is 0 Å². The Morgan fingerprint density at radius 3 is 2.86 bits per heavy atom. The minimum atomic E-state index is -0.343. The highest BCUT2D eigenvalue weighted by Gasteiger charge is 2.16. The third-order valence-electron chi connectivity index (χ3n) is 1.96. The van der Waals surface area contributed by atoms with Gasteiger partial charge in [0.2, 0.25) is 0 Å². The van der Waals surface area contributed by atoms with Crippen molar-refractivity contribution in [2.24, 2.45) is 0 Å². The minimum absolute atomic E-state index is 0.0409. The van der Waals surface area contributed by atoms with E-state index in [1.807, 2.05) is 5.38 Å². The van der Waals surface area contributed by atoms with E-state index in [0.717, 1.165) is 15.0 Å². The monoisotopic (exact) mass is 228 g/mol. The van der Waals surface area contributed by atoms with Crippen molar-refractivity contribution in [1.82, 2.24) is 0 Å². The molecule has 0 unspecified atom stereocenters. The van der Waals surface area contributed by atoms with Crippen LogP contribution in [0.4, 0.5) is 0 Å². The van der Waals surface area contributed by atoms with Crippen molar-refractivity contribution in [2.45, 2.75) is 6.61 Å². The SMILES string of the molecule is COC(=O)c1csc2scc(CO)c12. The summed E-state index contributed by atoms with van der Waals surface area (Å²) in [5.74, 6) is -0.343. The summed E-state index contributed by atoms with van der Waals surface area (Å²) in [6.07, 6.45) is 0. The fourth-order valence-corrected chi connectivity index (χ4v) is 3.40. The average Bonchev–Trinajstić information content (AvgIpc) is 2.76. The molecule has 0 aromatic carbocycles. The van der Waals surface area contributed by atoms with Gasteiger partial charge >= 0.3 is 5.97 Å². The molecule has 0 aliphatic heterocycles. The van der Waals surface area contributed by atoms with Crippen molar-refractivity contribution in [3.8, 4) is 0 Å². The summed E-state index contributed by atoms with van der Waals surface area (Å²) in [5.41, 5.74) is 1.35. The summed E-state index contributed by atoms with van der Waals surface area (Å²) in [4.78, 5) is 11.4. The first-order chi connectivity index (χ1) is 6.77. The Balaban J connectivity index is 2.64. The number of hydrogen-bond donors (Lipinski definition) is 1. The predicted molar refractivity (Wildman–Crippen MR) is 57.0 cm³/mol. The number of fused-ring (bicyclic) bond motifs is 1. The lowest BCUT2D eigenvalue weighted by molar-refractivity contribution is 0.0603. The van der Waals surface area contributed by atoms with Crippen LogP contribution in [0.25, 0.3) is 9.40 Å². The molecule has 0 radical (unpaired) electrons. The topological polar surface area (TPSA) is 46.5 Å². The first kappa shape index (κ1) is 9.64. The van der Waals surface area contributed by atoms with E-state index in [1.54, 1.807) is 5.38 Å². The van der Waals surface area contributed by atoms with E-state index in [2.05, 4.69) is 4.74 Å². The fourth-order valence-electron chi connectivity index (χ4n) is 1.29. The Hall–Kier alpha value is -0.910. The predicted octanol–water partition coefficient (Wildman–Crippen LogP) is 2.24. The van der Waals surface area contributed by atoms with Crippen LogP contribution in [-0.2, 0) is 11.3 Å². The number of rotatable bonds is 2. The molecule has 0 saturated heterocycles. The summed E-state index contributed by atoms with van der Waals surface area (Å²) in [6.45, 7) is -0.0409. The maximum absolute atomic E-state index is 11.4. The summed E-state index contributed by atoms with van der Waals surface area (Å²) in [5, 5.41) is 13.6. The molecule has 2 rings (SSSR count).